The summed E-state index contributed by atoms with van der Waals surface area (Å²) in [5.41, 5.74) is 1.06. The summed E-state index contributed by atoms with van der Waals surface area (Å²) >= 11 is 0. The molecule has 0 amide bonds. The molecule has 2 N–H and O–H groups in total. The maximum absolute atomic E-state index is 4.68. The Kier molecular flexibility index (Phi) is 3.65. The lowest BCUT2D eigenvalue weighted by atomic mass is 9.93. The highest BCUT2D eigenvalue weighted by Crippen LogP contribution is 2.19. The number of nitrogens with zero attached hydrogens (tertiary/aromatic N) is 1. The minimum atomic E-state index is 0.460. The van der Waals surface area contributed by atoms with Gasteiger partial charge in [0.25, 0.3) is 0 Å². The van der Waals surface area contributed by atoms with Crippen molar-refractivity contribution in [1.29, 1.82) is 0 Å². The number of piperidine rings is 1. The zero-order valence-corrected chi connectivity index (χ0v) is 11.4. The van der Waals surface area contributed by atoms with Gasteiger partial charge in [0.05, 0.1) is 5.52 Å². The van der Waals surface area contributed by atoms with Gasteiger partial charge in [-0.3, -0.25) is 0 Å². The Bertz CT molecular complexity index is 546. The maximum Gasteiger partial charge on any atom is 0.126 e. The number of nitrogens with one attached hydrogen (secondary N) is 2. The summed E-state index contributed by atoms with van der Waals surface area (Å²) in [5.74, 6) is 1.68. The van der Waals surface area contributed by atoms with Gasteiger partial charge in [0.15, 0.2) is 0 Å². The number of hydrogen-bond donors (Lipinski definition) is 2. The van der Waals surface area contributed by atoms with E-state index in [1.54, 1.807) is 0 Å². The molecule has 2 unspecified atom stereocenters. The summed E-state index contributed by atoms with van der Waals surface area (Å²) < 4.78 is 0. The molecule has 3 heteroatoms. The first-order valence-electron chi connectivity index (χ1n) is 7.16. The van der Waals surface area contributed by atoms with Crippen LogP contribution >= 0.6 is 0 Å². The summed E-state index contributed by atoms with van der Waals surface area (Å²) in [5, 5.41) is 8.22. The van der Waals surface area contributed by atoms with Crippen molar-refractivity contribution in [2.24, 2.45) is 5.92 Å². The van der Waals surface area contributed by atoms with Crippen molar-refractivity contribution in [3.63, 3.8) is 0 Å². The summed E-state index contributed by atoms with van der Waals surface area (Å²) in [6, 6.07) is 12.9. The molecule has 0 saturated carbocycles. The molecular formula is C16H21N3. The van der Waals surface area contributed by atoms with Crippen molar-refractivity contribution < 1.29 is 0 Å². The SMILES string of the molecule is CC(Nc1ccc2ccccc2n1)C1CCCNC1. The molecule has 0 bridgehead atoms. The Morgan fingerprint density at radius 1 is 1.26 bits per heavy atom. The topological polar surface area (TPSA) is 37.0 Å². The van der Waals surface area contributed by atoms with E-state index in [0.29, 0.717) is 12.0 Å². The number of hydrogen-bond acceptors (Lipinski definition) is 3. The van der Waals surface area contributed by atoms with Crippen molar-refractivity contribution in [3.05, 3.63) is 36.4 Å². The second kappa shape index (κ2) is 5.57. The fraction of sp³-hybridized carbons (Fsp3) is 0.438. The summed E-state index contributed by atoms with van der Waals surface area (Å²) in [6.07, 6.45) is 2.58. The third-order valence-corrected chi connectivity index (χ3v) is 4.02. The van der Waals surface area contributed by atoms with Crippen LogP contribution in [0.5, 0.6) is 0 Å². The molecule has 1 saturated heterocycles. The molecule has 3 nitrogen and oxygen atoms in total. The van der Waals surface area contributed by atoms with Gasteiger partial charge in [-0.1, -0.05) is 18.2 Å². The molecule has 0 aliphatic carbocycles. The zero-order chi connectivity index (χ0) is 13.1. The van der Waals surface area contributed by atoms with Crippen molar-refractivity contribution >= 4 is 16.7 Å². The number of para-hydroxylation sites is 1. The van der Waals surface area contributed by atoms with Crippen LogP contribution in [0, 0.1) is 5.92 Å². The van der Waals surface area contributed by atoms with E-state index in [0.717, 1.165) is 24.4 Å². The molecule has 2 atom stereocenters. The van der Waals surface area contributed by atoms with E-state index < -0.39 is 0 Å². The number of aromatic nitrogens is 1. The highest BCUT2D eigenvalue weighted by Gasteiger charge is 2.19. The second-order valence-corrected chi connectivity index (χ2v) is 5.43. The number of pyridine rings is 1. The largest absolute Gasteiger partial charge is 0.367 e. The number of fused-ring (bicyclic) bond motifs is 1. The molecule has 0 radical (unpaired) electrons. The molecule has 1 aliphatic rings. The summed E-state index contributed by atoms with van der Waals surface area (Å²) in [4.78, 5) is 4.68. The first kappa shape index (κ1) is 12.4. The Morgan fingerprint density at radius 2 is 2.16 bits per heavy atom. The lowest BCUT2D eigenvalue weighted by Crippen LogP contribution is -2.38. The van der Waals surface area contributed by atoms with E-state index in [1.807, 2.05) is 12.1 Å². The average Bonchev–Trinajstić information content (AvgIpc) is 2.48. The Hall–Kier alpha value is -1.61. The molecule has 2 aromatic rings. The molecule has 3 rings (SSSR count). The molecule has 1 aliphatic heterocycles. The highest BCUT2D eigenvalue weighted by atomic mass is 15.0. The van der Waals surface area contributed by atoms with Gasteiger partial charge in [0.1, 0.15) is 5.82 Å². The van der Waals surface area contributed by atoms with E-state index in [4.69, 9.17) is 0 Å². The molecule has 100 valence electrons. The van der Waals surface area contributed by atoms with E-state index >= 15 is 0 Å². The van der Waals surface area contributed by atoms with Gasteiger partial charge in [0.2, 0.25) is 0 Å². The quantitative estimate of drug-likeness (QED) is 0.885. The van der Waals surface area contributed by atoms with Crippen LogP contribution in [0.2, 0.25) is 0 Å². The van der Waals surface area contributed by atoms with Crippen LogP contribution in [0.4, 0.5) is 5.82 Å². The first-order valence-corrected chi connectivity index (χ1v) is 7.16. The Labute approximate surface area is 114 Å². The van der Waals surface area contributed by atoms with Crippen molar-refractivity contribution in [1.82, 2.24) is 10.3 Å². The number of rotatable bonds is 3. The van der Waals surface area contributed by atoms with E-state index in [2.05, 4.69) is 46.8 Å². The zero-order valence-electron chi connectivity index (χ0n) is 11.4. The first-order chi connectivity index (χ1) is 9.33. The predicted molar refractivity (Wildman–Crippen MR) is 80.4 cm³/mol. The fourth-order valence-corrected chi connectivity index (χ4v) is 2.80. The van der Waals surface area contributed by atoms with Gasteiger partial charge in [-0.25, -0.2) is 4.98 Å². The number of benzene rings is 1. The van der Waals surface area contributed by atoms with Gasteiger partial charge in [0, 0.05) is 11.4 Å². The standard InChI is InChI=1S/C16H21N3/c1-12(14-6-4-10-17-11-14)18-16-9-8-13-5-2-3-7-15(13)19-16/h2-3,5,7-9,12,14,17H,4,6,10-11H2,1H3,(H,18,19). The number of anilines is 1. The smallest absolute Gasteiger partial charge is 0.126 e. The second-order valence-electron chi connectivity index (χ2n) is 5.43. The normalized spacial score (nSPS) is 21.2. The Balaban J connectivity index is 1.73. The molecule has 0 spiro atoms. The molecule has 1 aromatic carbocycles. The summed E-state index contributed by atoms with van der Waals surface area (Å²) in [6.45, 7) is 4.54. The summed E-state index contributed by atoms with van der Waals surface area (Å²) in [7, 11) is 0. The van der Waals surface area contributed by atoms with Crippen LogP contribution in [0.3, 0.4) is 0 Å². The van der Waals surface area contributed by atoms with Gasteiger partial charge in [-0.2, -0.15) is 0 Å². The van der Waals surface area contributed by atoms with Gasteiger partial charge in [-0.15, -0.1) is 0 Å². The predicted octanol–water partition coefficient (Wildman–Crippen LogP) is 3.03. The molecule has 2 heterocycles. The maximum atomic E-state index is 4.68. The van der Waals surface area contributed by atoms with Crippen LogP contribution < -0.4 is 10.6 Å². The average molecular weight is 255 g/mol. The third-order valence-electron chi connectivity index (χ3n) is 4.02. The van der Waals surface area contributed by atoms with E-state index in [1.165, 1.54) is 18.2 Å². The van der Waals surface area contributed by atoms with Crippen molar-refractivity contribution in [2.75, 3.05) is 18.4 Å². The van der Waals surface area contributed by atoms with Crippen LogP contribution in [0.1, 0.15) is 19.8 Å². The molecule has 19 heavy (non-hydrogen) atoms. The van der Waals surface area contributed by atoms with E-state index in [-0.39, 0.29) is 0 Å². The minimum Gasteiger partial charge on any atom is -0.367 e. The Morgan fingerprint density at radius 3 is 3.00 bits per heavy atom. The van der Waals surface area contributed by atoms with Gasteiger partial charge >= 0.3 is 0 Å². The lowest BCUT2D eigenvalue weighted by molar-refractivity contribution is 0.346. The third kappa shape index (κ3) is 2.87. The highest BCUT2D eigenvalue weighted by molar-refractivity contribution is 5.80. The van der Waals surface area contributed by atoms with Crippen molar-refractivity contribution in [3.8, 4) is 0 Å². The molecule has 1 fully saturated rings. The van der Waals surface area contributed by atoms with Gasteiger partial charge < -0.3 is 10.6 Å². The van der Waals surface area contributed by atoms with Crippen LogP contribution in [-0.4, -0.2) is 24.1 Å². The lowest BCUT2D eigenvalue weighted by Gasteiger charge is -2.29. The minimum absolute atomic E-state index is 0.460. The van der Waals surface area contributed by atoms with Crippen LogP contribution in [0.15, 0.2) is 36.4 Å². The monoisotopic (exact) mass is 255 g/mol. The van der Waals surface area contributed by atoms with Crippen LogP contribution in [0.25, 0.3) is 10.9 Å². The van der Waals surface area contributed by atoms with E-state index in [9.17, 15) is 0 Å². The molecular weight excluding hydrogens is 234 g/mol. The van der Waals surface area contributed by atoms with Gasteiger partial charge in [-0.05, 0) is 57.0 Å². The van der Waals surface area contributed by atoms with Crippen molar-refractivity contribution in [2.45, 2.75) is 25.8 Å². The molecule has 1 aromatic heterocycles. The fourth-order valence-electron chi connectivity index (χ4n) is 2.80. The van der Waals surface area contributed by atoms with Crippen LogP contribution in [-0.2, 0) is 0 Å².